The van der Waals surface area contributed by atoms with Gasteiger partial charge in [0.1, 0.15) is 0 Å². The second-order valence-corrected chi connectivity index (χ2v) is 10.2. The van der Waals surface area contributed by atoms with E-state index in [9.17, 15) is 0 Å². The van der Waals surface area contributed by atoms with Crippen molar-refractivity contribution in [2.45, 2.75) is 31.1 Å². The molecule has 0 spiro atoms. The third kappa shape index (κ3) is 2.67. The Morgan fingerprint density at radius 3 is 1.83 bits per heavy atom. The Kier molecular flexibility index (Phi) is 4.01. The molecule has 0 radical (unpaired) electrons. The third-order valence-electron chi connectivity index (χ3n) is 8.54. The molecule has 1 aromatic heterocycles. The molecule has 1 heteroatoms. The molecule has 6 aromatic rings. The quantitative estimate of drug-likeness (QED) is 0.241. The van der Waals surface area contributed by atoms with Crippen LogP contribution in [0.3, 0.4) is 0 Å². The van der Waals surface area contributed by atoms with Crippen molar-refractivity contribution in [2.75, 3.05) is 0 Å². The zero-order valence-electron chi connectivity index (χ0n) is 19.5. The predicted molar refractivity (Wildman–Crippen MR) is 147 cm³/mol. The summed E-state index contributed by atoms with van der Waals surface area (Å²) in [6, 6.07) is 35.8. The van der Waals surface area contributed by atoms with Gasteiger partial charge in [-0.2, -0.15) is 0 Å². The molecule has 1 saturated carbocycles. The van der Waals surface area contributed by atoms with Crippen molar-refractivity contribution < 1.29 is 0 Å². The monoisotopic (exact) mass is 447 g/mol. The average molecular weight is 448 g/mol. The highest BCUT2D eigenvalue weighted by Gasteiger charge is 2.38. The van der Waals surface area contributed by atoms with Gasteiger partial charge in [0.05, 0.1) is 5.52 Å². The summed E-state index contributed by atoms with van der Waals surface area (Å²) in [5.41, 5.74) is 9.70. The molecule has 8 rings (SSSR count). The van der Waals surface area contributed by atoms with Crippen LogP contribution in [0.1, 0.15) is 42.2 Å². The van der Waals surface area contributed by atoms with Crippen LogP contribution < -0.4 is 0 Å². The summed E-state index contributed by atoms with van der Waals surface area (Å²) in [5, 5.41) is 6.53. The molecular formula is C34H25N. The smallest absolute Gasteiger partial charge is 0.0708 e. The predicted octanol–water partition coefficient (Wildman–Crippen LogP) is 9.24. The Morgan fingerprint density at radius 2 is 1.11 bits per heavy atom. The fourth-order valence-corrected chi connectivity index (χ4v) is 7.16. The molecular weight excluding hydrogens is 422 g/mol. The number of pyridine rings is 1. The van der Waals surface area contributed by atoms with Crippen molar-refractivity contribution >= 4 is 32.4 Å². The van der Waals surface area contributed by atoms with E-state index in [4.69, 9.17) is 0 Å². The van der Waals surface area contributed by atoms with Gasteiger partial charge in [-0.05, 0) is 98.2 Å². The maximum absolute atomic E-state index is 4.65. The minimum atomic E-state index is 0.715. The highest BCUT2D eigenvalue weighted by atomic mass is 14.6. The van der Waals surface area contributed by atoms with Crippen LogP contribution in [0.15, 0.2) is 103 Å². The van der Waals surface area contributed by atoms with Crippen LogP contribution in [-0.4, -0.2) is 4.98 Å². The first-order chi connectivity index (χ1) is 17.4. The van der Waals surface area contributed by atoms with Gasteiger partial charge in [-0.15, -0.1) is 0 Å². The Labute approximate surface area is 205 Å². The van der Waals surface area contributed by atoms with Crippen LogP contribution in [-0.2, 0) is 0 Å². The second-order valence-electron chi connectivity index (χ2n) is 10.2. The van der Waals surface area contributed by atoms with Crippen molar-refractivity contribution in [3.63, 3.8) is 0 Å². The van der Waals surface area contributed by atoms with Gasteiger partial charge in [-0.25, -0.2) is 0 Å². The number of fused-ring (bicyclic) bond motifs is 8. The fourth-order valence-electron chi connectivity index (χ4n) is 7.16. The maximum atomic E-state index is 4.65. The van der Waals surface area contributed by atoms with Crippen molar-refractivity contribution in [1.29, 1.82) is 0 Å². The third-order valence-corrected chi connectivity index (χ3v) is 8.54. The molecule has 2 unspecified atom stereocenters. The molecule has 2 aliphatic rings. The van der Waals surface area contributed by atoms with Gasteiger partial charge < -0.3 is 0 Å². The second kappa shape index (κ2) is 7.26. The molecule has 0 N–H and O–H groups in total. The maximum Gasteiger partial charge on any atom is 0.0708 e. The molecule has 5 aromatic carbocycles. The van der Waals surface area contributed by atoms with E-state index in [2.05, 4.69) is 102 Å². The van der Waals surface area contributed by atoms with Crippen LogP contribution in [0.2, 0.25) is 0 Å². The lowest BCUT2D eigenvalue weighted by Gasteiger charge is -2.23. The topological polar surface area (TPSA) is 12.9 Å². The van der Waals surface area contributed by atoms with E-state index in [1.165, 1.54) is 68.4 Å². The minimum absolute atomic E-state index is 0.715. The molecule has 2 bridgehead atoms. The van der Waals surface area contributed by atoms with E-state index in [1.54, 1.807) is 11.1 Å². The zero-order chi connectivity index (χ0) is 22.9. The van der Waals surface area contributed by atoms with E-state index < -0.39 is 0 Å². The van der Waals surface area contributed by atoms with Gasteiger partial charge in [0.15, 0.2) is 0 Å². The molecule has 166 valence electrons. The standard InChI is InChI=1S/C34H25N/c1-3-11-27-25(9-1)33(29-18-19-35-31-15-6-5-8-24(29)31)26-10-2-4-12-28(26)34(27)30-14-7-13-23-21-16-17-22(20-21)32(23)30/h1-15,18-19,21-22H,16-17,20H2. The lowest BCUT2D eigenvalue weighted by Crippen LogP contribution is -2.01. The first-order valence-corrected chi connectivity index (χ1v) is 12.8. The van der Waals surface area contributed by atoms with Crippen molar-refractivity contribution in [3.05, 3.63) is 114 Å². The van der Waals surface area contributed by atoms with Gasteiger partial charge in [-0.1, -0.05) is 84.9 Å². The highest BCUT2D eigenvalue weighted by molar-refractivity contribution is 6.23. The number of para-hydroxylation sites is 1. The first-order valence-electron chi connectivity index (χ1n) is 12.8. The number of rotatable bonds is 2. The Bertz CT molecular complexity index is 1730. The summed E-state index contributed by atoms with van der Waals surface area (Å²) < 4.78 is 0. The summed E-state index contributed by atoms with van der Waals surface area (Å²) in [7, 11) is 0. The average Bonchev–Trinajstić information content (AvgIpc) is 3.55. The molecule has 35 heavy (non-hydrogen) atoms. The van der Waals surface area contributed by atoms with E-state index in [0.29, 0.717) is 5.92 Å². The molecule has 2 atom stereocenters. The number of nitrogens with zero attached hydrogens (tertiary/aromatic N) is 1. The zero-order valence-corrected chi connectivity index (χ0v) is 19.5. The van der Waals surface area contributed by atoms with Crippen LogP contribution in [0, 0.1) is 0 Å². The number of hydrogen-bond donors (Lipinski definition) is 0. The van der Waals surface area contributed by atoms with Gasteiger partial charge in [-0.3, -0.25) is 4.98 Å². The Morgan fingerprint density at radius 1 is 0.514 bits per heavy atom. The largest absolute Gasteiger partial charge is 0.256 e. The van der Waals surface area contributed by atoms with E-state index in [1.807, 2.05) is 6.20 Å². The lowest BCUT2D eigenvalue weighted by atomic mass is 9.81. The molecule has 0 amide bonds. The van der Waals surface area contributed by atoms with Crippen LogP contribution in [0.4, 0.5) is 0 Å². The SMILES string of the molecule is c1cc(-c2c3ccccc3c(-c3ccnc4ccccc34)c3ccccc23)c2c(c1)C1CCC2C1. The molecule has 0 saturated heterocycles. The Balaban J connectivity index is 1.54. The molecule has 0 aliphatic heterocycles. The van der Waals surface area contributed by atoms with Crippen molar-refractivity contribution in [2.24, 2.45) is 0 Å². The molecule has 1 fully saturated rings. The van der Waals surface area contributed by atoms with Crippen molar-refractivity contribution in [3.8, 4) is 22.3 Å². The number of aromatic nitrogens is 1. The summed E-state index contributed by atoms with van der Waals surface area (Å²) in [4.78, 5) is 4.65. The molecule has 1 heterocycles. The molecule has 1 nitrogen and oxygen atoms in total. The Hall–Kier alpha value is -3.97. The van der Waals surface area contributed by atoms with Gasteiger partial charge in [0.25, 0.3) is 0 Å². The van der Waals surface area contributed by atoms with E-state index in [-0.39, 0.29) is 0 Å². The highest BCUT2D eigenvalue weighted by Crippen LogP contribution is 2.57. The number of benzene rings is 5. The van der Waals surface area contributed by atoms with E-state index in [0.717, 1.165) is 11.4 Å². The van der Waals surface area contributed by atoms with Gasteiger partial charge >= 0.3 is 0 Å². The summed E-state index contributed by atoms with van der Waals surface area (Å²) >= 11 is 0. The summed E-state index contributed by atoms with van der Waals surface area (Å²) in [6.07, 6.45) is 5.99. The fraction of sp³-hybridized carbons (Fsp3) is 0.147. The van der Waals surface area contributed by atoms with Crippen LogP contribution >= 0.6 is 0 Å². The van der Waals surface area contributed by atoms with Gasteiger partial charge in [0.2, 0.25) is 0 Å². The number of hydrogen-bond acceptors (Lipinski definition) is 1. The summed E-state index contributed by atoms with van der Waals surface area (Å²) in [5.74, 6) is 1.47. The van der Waals surface area contributed by atoms with E-state index >= 15 is 0 Å². The summed E-state index contributed by atoms with van der Waals surface area (Å²) in [6.45, 7) is 0. The van der Waals surface area contributed by atoms with Crippen LogP contribution in [0.5, 0.6) is 0 Å². The van der Waals surface area contributed by atoms with Crippen LogP contribution in [0.25, 0.3) is 54.7 Å². The normalized spacial score (nSPS) is 18.5. The van der Waals surface area contributed by atoms with Crippen molar-refractivity contribution in [1.82, 2.24) is 4.98 Å². The minimum Gasteiger partial charge on any atom is -0.256 e. The van der Waals surface area contributed by atoms with Gasteiger partial charge in [0, 0.05) is 11.6 Å². The molecule has 2 aliphatic carbocycles. The first kappa shape index (κ1) is 19.3. The lowest BCUT2D eigenvalue weighted by molar-refractivity contribution is 0.719.